The molecular formula is C17H23N5O4. The largest absolute Gasteiger partial charge is 0.378 e. The lowest BCUT2D eigenvalue weighted by Gasteiger charge is -2.30. The molecule has 9 heteroatoms. The molecule has 0 aromatic carbocycles. The van der Waals surface area contributed by atoms with Gasteiger partial charge < -0.3 is 15.3 Å². The van der Waals surface area contributed by atoms with Crippen molar-refractivity contribution in [2.75, 3.05) is 13.6 Å². The Labute approximate surface area is 151 Å². The lowest BCUT2D eigenvalue weighted by molar-refractivity contribution is -0.151. The average molecular weight is 361 g/mol. The van der Waals surface area contributed by atoms with Crippen molar-refractivity contribution in [2.45, 2.75) is 50.3 Å². The molecule has 2 fully saturated rings. The number of likely N-dealkylation sites (N-methyl/N-ethyl adjacent to an activating group) is 1. The number of nitrogens with one attached hydrogen (secondary N) is 1. The Morgan fingerprint density at radius 2 is 2.08 bits per heavy atom. The predicted molar refractivity (Wildman–Crippen MR) is 90.6 cm³/mol. The summed E-state index contributed by atoms with van der Waals surface area (Å²) < 4.78 is 0. The zero-order valence-electron chi connectivity index (χ0n) is 14.9. The Morgan fingerprint density at radius 1 is 1.38 bits per heavy atom. The first-order chi connectivity index (χ1) is 12.3. The Bertz CT molecular complexity index is 715. The normalized spacial score (nSPS) is 21.0. The molecule has 0 bridgehead atoms. The molecular weight excluding hydrogens is 338 g/mol. The van der Waals surface area contributed by atoms with E-state index in [0.717, 1.165) is 17.7 Å². The van der Waals surface area contributed by atoms with E-state index in [1.165, 1.54) is 37.5 Å². The van der Waals surface area contributed by atoms with Crippen molar-refractivity contribution in [1.82, 2.24) is 25.1 Å². The summed E-state index contributed by atoms with van der Waals surface area (Å²) in [7, 11) is 1.52. The van der Waals surface area contributed by atoms with Crippen molar-refractivity contribution >= 4 is 17.8 Å². The molecule has 1 aliphatic carbocycles. The van der Waals surface area contributed by atoms with Gasteiger partial charge in [-0.25, -0.2) is 4.79 Å². The minimum absolute atomic E-state index is 0.160. The number of urea groups is 1. The maximum absolute atomic E-state index is 12.7. The third kappa shape index (κ3) is 3.26. The van der Waals surface area contributed by atoms with Gasteiger partial charge in [-0.3, -0.25) is 24.5 Å². The van der Waals surface area contributed by atoms with E-state index in [1.54, 1.807) is 0 Å². The first-order valence-corrected chi connectivity index (χ1v) is 8.62. The molecule has 2 heterocycles. The number of amides is 4. The molecule has 2 aliphatic rings. The summed E-state index contributed by atoms with van der Waals surface area (Å²) in [6.45, 7) is 1.08. The maximum Gasteiger partial charge on any atom is 0.325 e. The quantitative estimate of drug-likeness (QED) is 0.716. The van der Waals surface area contributed by atoms with Crippen molar-refractivity contribution in [3.8, 4) is 0 Å². The number of aliphatic hydroxyl groups is 1. The number of rotatable bonds is 5. The highest BCUT2D eigenvalue weighted by Gasteiger charge is 2.54. The molecule has 1 atom stereocenters. The van der Waals surface area contributed by atoms with Crippen LogP contribution < -0.4 is 5.32 Å². The fraction of sp³-hybridized carbons (Fsp3) is 0.588. The van der Waals surface area contributed by atoms with Gasteiger partial charge >= 0.3 is 6.03 Å². The van der Waals surface area contributed by atoms with Crippen LogP contribution in [0.3, 0.4) is 0 Å². The highest BCUT2D eigenvalue weighted by molar-refractivity contribution is 6.07. The van der Waals surface area contributed by atoms with Gasteiger partial charge in [-0.15, -0.1) is 0 Å². The van der Waals surface area contributed by atoms with Gasteiger partial charge in [-0.05, 0) is 19.8 Å². The summed E-state index contributed by atoms with van der Waals surface area (Å²) in [4.78, 5) is 47.9. The lowest BCUT2D eigenvalue weighted by Crippen LogP contribution is -2.54. The number of imide groups is 1. The number of carbonyl (C=O) groups excluding carboxylic acids is 3. The van der Waals surface area contributed by atoms with E-state index in [4.69, 9.17) is 0 Å². The van der Waals surface area contributed by atoms with Crippen LogP contribution in [0.1, 0.15) is 38.3 Å². The van der Waals surface area contributed by atoms with Gasteiger partial charge in [-0.2, -0.15) is 0 Å². The molecule has 3 rings (SSSR count). The summed E-state index contributed by atoms with van der Waals surface area (Å²) in [5.41, 5.74) is -2.19. The Morgan fingerprint density at radius 3 is 2.69 bits per heavy atom. The first-order valence-electron chi connectivity index (χ1n) is 8.62. The van der Waals surface area contributed by atoms with Crippen LogP contribution in [0.5, 0.6) is 0 Å². The van der Waals surface area contributed by atoms with Crippen LogP contribution in [0.15, 0.2) is 18.6 Å². The SMILES string of the molecule is CN(Cc1cnccn1)C(=O)C(C)(O)CN1C(=O)NC2(CCCC2)C1=O. The molecule has 9 nitrogen and oxygen atoms in total. The molecule has 1 aromatic rings. The highest BCUT2D eigenvalue weighted by atomic mass is 16.3. The van der Waals surface area contributed by atoms with Crippen LogP contribution >= 0.6 is 0 Å². The predicted octanol–water partition coefficient (Wildman–Crippen LogP) is 0.0506. The summed E-state index contributed by atoms with van der Waals surface area (Å²) in [6.07, 6.45) is 7.50. The summed E-state index contributed by atoms with van der Waals surface area (Å²) in [5.74, 6) is -0.958. The topological polar surface area (TPSA) is 116 Å². The third-order valence-corrected chi connectivity index (χ3v) is 4.99. The first kappa shape index (κ1) is 18.2. The van der Waals surface area contributed by atoms with Crippen LogP contribution in [0.2, 0.25) is 0 Å². The Kier molecular flexibility index (Phi) is 4.66. The van der Waals surface area contributed by atoms with Crippen molar-refractivity contribution in [3.05, 3.63) is 24.3 Å². The van der Waals surface area contributed by atoms with Crippen molar-refractivity contribution < 1.29 is 19.5 Å². The molecule has 1 aromatic heterocycles. The summed E-state index contributed by atoms with van der Waals surface area (Å²) >= 11 is 0. The van der Waals surface area contributed by atoms with Crippen molar-refractivity contribution in [1.29, 1.82) is 0 Å². The summed E-state index contributed by atoms with van der Waals surface area (Å²) in [5, 5.41) is 13.4. The monoisotopic (exact) mass is 361 g/mol. The van der Waals surface area contributed by atoms with Gasteiger partial charge in [-0.1, -0.05) is 12.8 Å². The Hall–Kier alpha value is -2.55. The second-order valence-corrected chi connectivity index (χ2v) is 7.24. The molecule has 140 valence electrons. The third-order valence-electron chi connectivity index (χ3n) is 4.99. The molecule has 2 N–H and O–H groups in total. The fourth-order valence-electron chi connectivity index (χ4n) is 3.65. The van der Waals surface area contributed by atoms with E-state index in [2.05, 4.69) is 15.3 Å². The van der Waals surface area contributed by atoms with Crippen LogP contribution in [-0.2, 0) is 16.1 Å². The van der Waals surface area contributed by atoms with Gasteiger partial charge in [0.2, 0.25) is 0 Å². The fourth-order valence-corrected chi connectivity index (χ4v) is 3.65. The number of hydrogen-bond acceptors (Lipinski definition) is 6. The van der Waals surface area contributed by atoms with Crippen molar-refractivity contribution in [2.24, 2.45) is 0 Å². The van der Waals surface area contributed by atoms with E-state index >= 15 is 0 Å². The molecule has 1 spiro atoms. The minimum Gasteiger partial charge on any atom is -0.378 e. The molecule has 26 heavy (non-hydrogen) atoms. The molecule has 4 amide bonds. The minimum atomic E-state index is -1.89. The van der Waals surface area contributed by atoms with Crippen LogP contribution in [-0.4, -0.2) is 67.5 Å². The second-order valence-electron chi connectivity index (χ2n) is 7.24. The molecule has 1 unspecified atom stereocenters. The van der Waals surface area contributed by atoms with E-state index < -0.39 is 23.1 Å². The van der Waals surface area contributed by atoms with Crippen LogP contribution in [0.25, 0.3) is 0 Å². The highest BCUT2D eigenvalue weighted by Crippen LogP contribution is 2.35. The van der Waals surface area contributed by atoms with E-state index in [0.29, 0.717) is 18.5 Å². The maximum atomic E-state index is 12.7. The van der Waals surface area contributed by atoms with E-state index in [1.807, 2.05) is 0 Å². The van der Waals surface area contributed by atoms with Gasteiger partial charge in [0, 0.05) is 19.4 Å². The van der Waals surface area contributed by atoms with E-state index in [9.17, 15) is 19.5 Å². The Balaban J connectivity index is 1.68. The van der Waals surface area contributed by atoms with Gasteiger partial charge in [0.25, 0.3) is 11.8 Å². The number of β-amino-alcohol motifs (C(OH)–C–C–N with tert-alkyl or cyclic N) is 1. The molecule has 1 aliphatic heterocycles. The van der Waals surface area contributed by atoms with Crippen LogP contribution in [0.4, 0.5) is 4.79 Å². The number of carbonyl (C=O) groups is 3. The van der Waals surface area contributed by atoms with Gasteiger partial charge in [0.15, 0.2) is 5.60 Å². The molecule has 1 saturated carbocycles. The average Bonchev–Trinajstić information content (AvgIpc) is 3.16. The van der Waals surface area contributed by atoms with Gasteiger partial charge in [0.05, 0.1) is 25.0 Å². The molecule has 0 radical (unpaired) electrons. The number of nitrogens with zero attached hydrogens (tertiary/aromatic N) is 4. The zero-order chi connectivity index (χ0) is 18.9. The zero-order valence-corrected chi connectivity index (χ0v) is 14.9. The summed E-state index contributed by atoms with van der Waals surface area (Å²) in [6, 6.07) is -0.554. The lowest BCUT2D eigenvalue weighted by atomic mass is 9.97. The number of hydrogen-bond donors (Lipinski definition) is 2. The van der Waals surface area contributed by atoms with E-state index in [-0.39, 0.29) is 19.0 Å². The van der Waals surface area contributed by atoms with Crippen LogP contribution in [0, 0.1) is 0 Å². The molecule has 1 saturated heterocycles. The van der Waals surface area contributed by atoms with Crippen molar-refractivity contribution in [3.63, 3.8) is 0 Å². The number of aromatic nitrogens is 2. The standard InChI is InChI=1S/C17H23N5O4/c1-16(26,13(23)21(2)10-12-9-18-7-8-19-12)11-22-14(24)17(20-15(22)25)5-3-4-6-17/h7-9,26H,3-6,10-11H2,1-2H3,(H,20,25). The second kappa shape index (κ2) is 6.64. The smallest absolute Gasteiger partial charge is 0.325 e. The van der Waals surface area contributed by atoms with Gasteiger partial charge in [0.1, 0.15) is 5.54 Å².